The molecular formula is C23H31N3O2S. The molecule has 156 valence electrons. The van der Waals surface area contributed by atoms with Crippen molar-refractivity contribution in [2.45, 2.75) is 37.6 Å². The third-order valence-electron chi connectivity index (χ3n) is 5.53. The lowest BCUT2D eigenvalue weighted by atomic mass is 9.82. The van der Waals surface area contributed by atoms with Crippen LogP contribution in [-0.2, 0) is 16.4 Å². The van der Waals surface area contributed by atoms with Crippen molar-refractivity contribution in [3.63, 3.8) is 0 Å². The fraction of sp³-hybridized carbons (Fsp3) is 0.435. The summed E-state index contributed by atoms with van der Waals surface area (Å²) in [4.78, 5) is 7.50. The highest BCUT2D eigenvalue weighted by Crippen LogP contribution is 2.32. The van der Waals surface area contributed by atoms with E-state index in [4.69, 9.17) is 4.99 Å². The molecule has 1 fully saturated rings. The van der Waals surface area contributed by atoms with Gasteiger partial charge in [0.1, 0.15) is 0 Å². The van der Waals surface area contributed by atoms with E-state index < -0.39 is 9.84 Å². The Hall–Kier alpha value is -2.34. The highest BCUT2D eigenvalue weighted by molar-refractivity contribution is 7.90. The number of benzene rings is 2. The molecule has 29 heavy (non-hydrogen) atoms. The van der Waals surface area contributed by atoms with Crippen LogP contribution in [0.25, 0.3) is 0 Å². The van der Waals surface area contributed by atoms with E-state index >= 15 is 0 Å². The molecule has 0 saturated carbocycles. The number of aliphatic imine (C=N–C) groups is 1. The molecule has 0 radical (unpaired) electrons. The van der Waals surface area contributed by atoms with Crippen LogP contribution in [0.4, 0.5) is 0 Å². The first-order valence-corrected chi connectivity index (χ1v) is 12.1. The standard InChI is InChI=1S/C23H31N3O2S/c1-4-24-23(25-16-19-10-12-21(13-11-19)29(3,27)28)26-15-14-22(18(2)17-26)20-8-6-5-7-9-20/h5-13,18,22H,4,14-17H2,1-3H3,(H,24,25). The number of rotatable bonds is 5. The molecule has 2 aromatic carbocycles. The molecule has 0 aliphatic carbocycles. The minimum Gasteiger partial charge on any atom is -0.357 e. The van der Waals surface area contributed by atoms with E-state index in [9.17, 15) is 8.42 Å². The normalized spacial score (nSPS) is 20.5. The van der Waals surface area contributed by atoms with Gasteiger partial charge in [-0.2, -0.15) is 0 Å². The lowest BCUT2D eigenvalue weighted by Gasteiger charge is -2.39. The Morgan fingerprint density at radius 3 is 2.41 bits per heavy atom. The van der Waals surface area contributed by atoms with Gasteiger partial charge >= 0.3 is 0 Å². The van der Waals surface area contributed by atoms with Crippen molar-refractivity contribution >= 4 is 15.8 Å². The topological polar surface area (TPSA) is 61.8 Å². The van der Waals surface area contributed by atoms with Gasteiger partial charge in [0.25, 0.3) is 0 Å². The van der Waals surface area contributed by atoms with Gasteiger partial charge < -0.3 is 10.2 Å². The second-order valence-electron chi connectivity index (χ2n) is 7.82. The van der Waals surface area contributed by atoms with Gasteiger partial charge in [0.15, 0.2) is 15.8 Å². The van der Waals surface area contributed by atoms with Gasteiger partial charge in [-0.25, -0.2) is 13.4 Å². The van der Waals surface area contributed by atoms with Crippen LogP contribution in [0.2, 0.25) is 0 Å². The van der Waals surface area contributed by atoms with Crippen LogP contribution in [0.1, 0.15) is 37.3 Å². The summed E-state index contributed by atoms with van der Waals surface area (Å²) in [6.45, 7) is 7.69. The summed E-state index contributed by atoms with van der Waals surface area (Å²) in [7, 11) is -3.17. The molecule has 1 aliphatic rings. The highest BCUT2D eigenvalue weighted by atomic mass is 32.2. The zero-order valence-corrected chi connectivity index (χ0v) is 18.3. The number of hydrogen-bond acceptors (Lipinski definition) is 3. The maximum Gasteiger partial charge on any atom is 0.194 e. The molecule has 2 aromatic rings. The Labute approximate surface area is 174 Å². The predicted molar refractivity (Wildman–Crippen MR) is 119 cm³/mol. The van der Waals surface area contributed by atoms with Gasteiger partial charge in [0.2, 0.25) is 0 Å². The molecule has 1 heterocycles. The van der Waals surface area contributed by atoms with Gasteiger partial charge in [-0.1, -0.05) is 49.4 Å². The van der Waals surface area contributed by atoms with Gasteiger partial charge in [-0.3, -0.25) is 0 Å². The Kier molecular flexibility index (Phi) is 6.96. The van der Waals surface area contributed by atoms with Gasteiger partial charge in [0.05, 0.1) is 11.4 Å². The van der Waals surface area contributed by atoms with E-state index in [0.717, 1.165) is 37.6 Å². The van der Waals surface area contributed by atoms with Crippen LogP contribution in [0.15, 0.2) is 64.5 Å². The molecule has 0 aromatic heterocycles. The molecule has 2 atom stereocenters. The maximum atomic E-state index is 11.6. The van der Waals surface area contributed by atoms with Crippen LogP contribution >= 0.6 is 0 Å². The number of likely N-dealkylation sites (tertiary alicyclic amines) is 1. The zero-order valence-electron chi connectivity index (χ0n) is 17.5. The first-order valence-electron chi connectivity index (χ1n) is 10.3. The van der Waals surface area contributed by atoms with Gasteiger partial charge in [0, 0.05) is 25.9 Å². The minimum absolute atomic E-state index is 0.342. The third-order valence-corrected chi connectivity index (χ3v) is 6.66. The van der Waals surface area contributed by atoms with Crippen molar-refractivity contribution in [2.24, 2.45) is 10.9 Å². The monoisotopic (exact) mass is 413 g/mol. The number of guanidine groups is 1. The van der Waals surface area contributed by atoms with Crippen molar-refractivity contribution in [1.82, 2.24) is 10.2 Å². The molecular weight excluding hydrogens is 382 g/mol. The lowest BCUT2D eigenvalue weighted by molar-refractivity contribution is 0.234. The average Bonchev–Trinajstić information content (AvgIpc) is 2.71. The molecule has 0 amide bonds. The van der Waals surface area contributed by atoms with Crippen molar-refractivity contribution in [2.75, 3.05) is 25.9 Å². The average molecular weight is 414 g/mol. The Balaban J connectivity index is 1.68. The zero-order chi connectivity index (χ0) is 20.9. The molecule has 6 heteroatoms. The Bertz CT molecular complexity index is 924. The number of sulfone groups is 1. The SMILES string of the molecule is CCNC(=NCc1ccc(S(C)(=O)=O)cc1)N1CCC(c2ccccc2)C(C)C1. The molecule has 1 aliphatic heterocycles. The summed E-state index contributed by atoms with van der Waals surface area (Å²) in [5.41, 5.74) is 2.42. The molecule has 0 bridgehead atoms. The molecule has 3 rings (SSSR count). The fourth-order valence-electron chi connectivity index (χ4n) is 3.97. The number of nitrogens with zero attached hydrogens (tertiary/aromatic N) is 2. The summed E-state index contributed by atoms with van der Waals surface area (Å²) < 4.78 is 23.2. The van der Waals surface area contributed by atoms with E-state index in [-0.39, 0.29) is 0 Å². The molecule has 2 unspecified atom stereocenters. The van der Waals surface area contributed by atoms with E-state index in [1.54, 1.807) is 12.1 Å². The van der Waals surface area contributed by atoms with E-state index in [2.05, 4.69) is 54.4 Å². The third kappa shape index (κ3) is 5.60. The Morgan fingerprint density at radius 1 is 1.14 bits per heavy atom. The van der Waals surface area contributed by atoms with Crippen LogP contribution in [0, 0.1) is 5.92 Å². The summed E-state index contributed by atoms with van der Waals surface area (Å²) >= 11 is 0. The number of nitrogens with one attached hydrogen (secondary N) is 1. The smallest absolute Gasteiger partial charge is 0.194 e. The van der Waals surface area contributed by atoms with E-state index in [1.165, 1.54) is 11.8 Å². The maximum absolute atomic E-state index is 11.6. The summed E-state index contributed by atoms with van der Waals surface area (Å²) in [6.07, 6.45) is 2.34. The fourth-order valence-corrected chi connectivity index (χ4v) is 4.60. The second-order valence-corrected chi connectivity index (χ2v) is 9.83. The van der Waals surface area contributed by atoms with E-state index in [0.29, 0.717) is 23.3 Å². The van der Waals surface area contributed by atoms with Gasteiger partial charge in [-0.05, 0) is 48.4 Å². The summed E-state index contributed by atoms with van der Waals surface area (Å²) in [5.74, 6) is 2.06. The van der Waals surface area contributed by atoms with Crippen molar-refractivity contribution in [1.29, 1.82) is 0 Å². The first-order chi connectivity index (χ1) is 13.9. The van der Waals surface area contributed by atoms with Crippen LogP contribution in [0.5, 0.6) is 0 Å². The predicted octanol–water partition coefficient (Wildman–Crippen LogP) is 3.68. The van der Waals surface area contributed by atoms with Crippen molar-refractivity contribution in [3.8, 4) is 0 Å². The van der Waals surface area contributed by atoms with Crippen LogP contribution in [0.3, 0.4) is 0 Å². The number of hydrogen-bond donors (Lipinski definition) is 1. The minimum atomic E-state index is -3.17. The molecule has 0 spiro atoms. The van der Waals surface area contributed by atoms with Crippen LogP contribution < -0.4 is 5.32 Å². The second kappa shape index (κ2) is 9.44. The van der Waals surface area contributed by atoms with Crippen molar-refractivity contribution < 1.29 is 8.42 Å². The summed E-state index contributed by atoms with van der Waals surface area (Å²) in [5, 5.41) is 3.41. The van der Waals surface area contributed by atoms with E-state index in [1.807, 2.05) is 12.1 Å². The number of piperidine rings is 1. The van der Waals surface area contributed by atoms with Gasteiger partial charge in [-0.15, -0.1) is 0 Å². The largest absolute Gasteiger partial charge is 0.357 e. The highest BCUT2D eigenvalue weighted by Gasteiger charge is 2.28. The molecule has 1 N–H and O–H groups in total. The molecule has 5 nitrogen and oxygen atoms in total. The van der Waals surface area contributed by atoms with Crippen LogP contribution in [-0.4, -0.2) is 45.2 Å². The Morgan fingerprint density at radius 2 is 1.83 bits per heavy atom. The lowest BCUT2D eigenvalue weighted by Crippen LogP contribution is -2.48. The van der Waals surface area contributed by atoms with Crippen molar-refractivity contribution in [3.05, 3.63) is 65.7 Å². The molecule has 1 saturated heterocycles. The first kappa shape index (κ1) is 21.4. The summed E-state index contributed by atoms with van der Waals surface area (Å²) in [6, 6.07) is 17.8. The quantitative estimate of drug-likeness (QED) is 0.600.